The van der Waals surface area contributed by atoms with Crippen molar-refractivity contribution < 1.29 is 4.79 Å². The maximum Gasteiger partial charge on any atom is 0.241 e. The Kier molecular flexibility index (Phi) is 3.07. The molecule has 1 unspecified atom stereocenters. The molecule has 1 aromatic rings. The lowest BCUT2D eigenvalue weighted by Crippen LogP contribution is -2.29. The van der Waals surface area contributed by atoms with Gasteiger partial charge in [-0.15, -0.1) is 0 Å². The number of hydrogen-bond donors (Lipinski definition) is 0. The second kappa shape index (κ2) is 4.33. The van der Waals surface area contributed by atoms with Gasteiger partial charge >= 0.3 is 0 Å². The number of amides is 1. The molecule has 0 spiro atoms. The number of carbonyl (C=O) groups is 1. The Morgan fingerprint density at radius 3 is 2.60 bits per heavy atom. The average Bonchev–Trinajstić information content (AvgIpc) is 2.47. The van der Waals surface area contributed by atoms with E-state index in [4.69, 9.17) is 12.2 Å². The molecule has 0 saturated carbocycles. The van der Waals surface area contributed by atoms with Crippen LogP contribution in [0.2, 0.25) is 0 Å². The third kappa shape index (κ3) is 2.21. The fraction of sp³-hybridized carbons (Fsp3) is 0.273. The summed E-state index contributed by atoms with van der Waals surface area (Å²) in [5.41, 5.74) is 1.11. The fourth-order valence-corrected chi connectivity index (χ4v) is 2.88. The van der Waals surface area contributed by atoms with E-state index in [-0.39, 0.29) is 11.2 Å². The molecular weight excluding hydrogens is 226 g/mol. The van der Waals surface area contributed by atoms with Crippen LogP contribution in [0.25, 0.3) is 0 Å². The third-order valence-corrected chi connectivity index (χ3v) is 3.78. The summed E-state index contributed by atoms with van der Waals surface area (Å²) in [6, 6.07) is 9.91. The molecule has 1 heterocycles. The molecule has 2 rings (SSSR count). The minimum absolute atomic E-state index is 0.0267. The topological polar surface area (TPSA) is 20.3 Å². The number of hydrogen-bond acceptors (Lipinski definition) is 3. The maximum atomic E-state index is 11.7. The number of nitrogens with zero attached hydrogens (tertiary/aromatic N) is 1. The molecule has 1 aromatic carbocycles. The van der Waals surface area contributed by atoms with E-state index >= 15 is 0 Å². The standard InChI is InChI=1S/C11H11NOS2/c1-8-10(13)12(11(14)15-8)7-9-5-3-2-4-6-9/h2-6,8H,7H2,1H3. The van der Waals surface area contributed by atoms with Gasteiger partial charge in [0.1, 0.15) is 4.32 Å². The first-order valence-electron chi connectivity index (χ1n) is 4.74. The Balaban J connectivity index is 2.13. The van der Waals surface area contributed by atoms with Gasteiger partial charge in [0.15, 0.2) is 0 Å². The molecule has 78 valence electrons. The van der Waals surface area contributed by atoms with E-state index in [2.05, 4.69) is 0 Å². The van der Waals surface area contributed by atoms with Gasteiger partial charge in [-0.25, -0.2) is 0 Å². The van der Waals surface area contributed by atoms with Crippen molar-refractivity contribution in [1.29, 1.82) is 0 Å². The molecule has 1 saturated heterocycles. The molecule has 15 heavy (non-hydrogen) atoms. The zero-order valence-electron chi connectivity index (χ0n) is 8.34. The van der Waals surface area contributed by atoms with Crippen molar-refractivity contribution in [3.05, 3.63) is 35.9 Å². The molecule has 0 N–H and O–H groups in total. The maximum absolute atomic E-state index is 11.7. The summed E-state index contributed by atoms with van der Waals surface area (Å²) in [6.45, 7) is 2.49. The Bertz CT molecular complexity index is 391. The minimum atomic E-state index is -0.0267. The van der Waals surface area contributed by atoms with E-state index in [1.54, 1.807) is 4.90 Å². The van der Waals surface area contributed by atoms with Gasteiger partial charge in [-0.2, -0.15) is 0 Å². The lowest BCUT2D eigenvalue weighted by Gasteiger charge is -2.14. The molecular formula is C11H11NOS2. The van der Waals surface area contributed by atoms with Crippen LogP contribution in [-0.4, -0.2) is 20.4 Å². The van der Waals surface area contributed by atoms with E-state index in [1.807, 2.05) is 37.3 Å². The van der Waals surface area contributed by atoms with Crippen molar-refractivity contribution in [3.63, 3.8) is 0 Å². The van der Waals surface area contributed by atoms with Gasteiger partial charge in [-0.05, 0) is 12.5 Å². The van der Waals surface area contributed by atoms with Crippen LogP contribution in [0.3, 0.4) is 0 Å². The van der Waals surface area contributed by atoms with Crippen LogP contribution in [0.1, 0.15) is 12.5 Å². The number of benzene rings is 1. The molecule has 1 amide bonds. The second-order valence-corrected chi connectivity index (χ2v) is 5.41. The van der Waals surface area contributed by atoms with Gasteiger partial charge in [0.05, 0.1) is 11.8 Å². The Hall–Kier alpha value is -0.870. The van der Waals surface area contributed by atoms with E-state index in [1.165, 1.54) is 11.8 Å². The predicted molar refractivity (Wildman–Crippen MR) is 66.6 cm³/mol. The molecule has 2 nitrogen and oxygen atoms in total. The largest absolute Gasteiger partial charge is 0.292 e. The van der Waals surface area contributed by atoms with Crippen LogP contribution in [-0.2, 0) is 11.3 Å². The van der Waals surface area contributed by atoms with Crippen LogP contribution in [0.5, 0.6) is 0 Å². The predicted octanol–water partition coefficient (Wildman–Crippen LogP) is 2.44. The monoisotopic (exact) mass is 237 g/mol. The van der Waals surface area contributed by atoms with E-state index in [0.29, 0.717) is 10.9 Å². The van der Waals surface area contributed by atoms with Gasteiger partial charge in [0, 0.05) is 0 Å². The van der Waals surface area contributed by atoms with Crippen LogP contribution in [0.15, 0.2) is 30.3 Å². The normalized spacial score (nSPS) is 21.1. The van der Waals surface area contributed by atoms with Crippen molar-refractivity contribution in [1.82, 2.24) is 4.90 Å². The van der Waals surface area contributed by atoms with E-state index in [9.17, 15) is 4.79 Å². The summed E-state index contributed by atoms with van der Waals surface area (Å²) in [6.07, 6.45) is 0. The van der Waals surface area contributed by atoms with Crippen LogP contribution in [0, 0.1) is 0 Å². The Labute approximate surface area is 98.7 Å². The zero-order chi connectivity index (χ0) is 10.8. The summed E-state index contributed by atoms with van der Waals surface area (Å²) in [7, 11) is 0. The Morgan fingerprint density at radius 2 is 2.07 bits per heavy atom. The van der Waals surface area contributed by atoms with Crippen LogP contribution >= 0.6 is 24.0 Å². The molecule has 1 aliphatic heterocycles. The number of rotatable bonds is 2. The lowest BCUT2D eigenvalue weighted by atomic mass is 10.2. The SMILES string of the molecule is CC1SC(=S)N(Cc2ccccc2)C1=O. The van der Waals surface area contributed by atoms with Gasteiger partial charge in [0.2, 0.25) is 5.91 Å². The molecule has 4 heteroatoms. The van der Waals surface area contributed by atoms with Gasteiger partial charge in [-0.1, -0.05) is 54.3 Å². The first kappa shape index (κ1) is 10.6. The molecule has 1 aliphatic rings. The highest BCUT2D eigenvalue weighted by Crippen LogP contribution is 2.28. The number of carbonyl (C=O) groups excluding carboxylic acids is 1. The van der Waals surface area contributed by atoms with Crippen LogP contribution in [0.4, 0.5) is 0 Å². The highest BCUT2D eigenvalue weighted by atomic mass is 32.2. The summed E-state index contributed by atoms with van der Waals surface area (Å²) in [4.78, 5) is 13.4. The molecule has 0 aromatic heterocycles. The fourth-order valence-electron chi connectivity index (χ4n) is 1.48. The lowest BCUT2D eigenvalue weighted by molar-refractivity contribution is -0.126. The van der Waals surface area contributed by atoms with Crippen molar-refractivity contribution in [2.24, 2.45) is 0 Å². The van der Waals surface area contributed by atoms with Gasteiger partial charge in [-0.3, -0.25) is 9.69 Å². The number of thiocarbonyl (C=S) groups is 1. The summed E-state index contributed by atoms with van der Waals surface area (Å²) >= 11 is 6.63. The van der Waals surface area contributed by atoms with Crippen molar-refractivity contribution in [3.8, 4) is 0 Å². The Morgan fingerprint density at radius 1 is 1.40 bits per heavy atom. The van der Waals surface area contributed by atoms with Crippen molar-refractivity contribution in [2.45, 2.75) is 18.7 Å². The zero-order valence-corrected chi connectivity index (χ0v) is 9.98. The summed E-state index contributed by atoms with van der Waals surface area (Å²) in [5, 5.41) is -0.0267. The molecule has 1 atom stereocenters. The molecule has 0 radical (unpaired) electrons. The van der Waals surface area contributed by atoms with E-state index < -0.39 is 0 Å². The van der Waals surface area contributed by atoms with Crippen molar-refractivity contribution >= 4 is 34.2 Å². The van der Waals surface area contributed by atoms with Crippen molar-refractivity contribution in [2.75, 3.05) is 0 Å². The number of thioether (sulfide) groups is 1. The quantitative estimate of drug-likeness (QED) is 0.737. The highest BCUT2D eigenvalue weighted by Gasteiger charge is 2.33. The smallest absolute Gasteiger partial charge is 0.241 e. The van der Waals surface area contributed by atoms with Crippen LogP contribution < -0.4 is 0 Å². The molecule has 0 bridgehead atoms. The summed E-state index contributed by atoms with van der Waals surface area (Å²) in [5.74, 6) is 0.119. The first-order chi connectivity index (χ1) is 7.18. The molecule has 0 aliphatic carbocycles. The van der Waals surface area contributed by atoms with Gasteiger partial charge in [0.25, 0.3) is 0 Å². The third-order valence-electron chi connectivity index (χ3n) is 2.30. The molecule has 1 fully saturated rings. The van der Waals surface area contributed by atoms with Gasteiger partial charge < -0.3 is 0 Å². The summed E-state index contributed by atoms with van der Waals surface area (Å²) < 4.78 is 0.691. The van der Waals surface area contributed by atoms with E-state index in [0.717, 1.165) is 5.56 Å². The second-order valence-electron chi connectivity index (χ2n) is 3.44. The highest BCUT2D eigenvalue weighted by molar-refractivity contribution is 8.24. The average molecular weight is 237 g/mol. The minimum Gasteiger partial charge on any atom is -0.292 e. The first-order valence-corrected chi connectivity index (χ1v) is 6.03.